The molecule has 0 saturated carbocycles. The molecule has 1 rings (SSSR count). The lowest BCUT2D eigenvalue weighted by molar-refractivity contribution is 0.505. The Balaban J connectivity index is 2.50. The van der Waals surface area contributed by atoms with Crippen LogP contribution in [0.1, 0.15) is 37.8 Å². The number of benzene rings is 1. The van der Waals surface area contributed by atoms with Crippen LogP contribution in [0, 0.1) is 28.9 Å². The van der Waals surface area contributed by atoms with Crippen LogP contribution in [0.25, 0.3) is 0 Å². The van der Waals surface area contributed by atoms with E-state index in [1.807, 2.05) is 0 Å². The first kappa shape index (κ1) is 14.6. The summed E-state index contributed by atoms with van der Waals surface area (Å²) in [6.45, 7) is 5.17. The number of nitriles is 1. The molecule has 0 aliphatic heterocycles. The van der Waals surface area contributed by atoms with Crippen molar-refractivity contribution < 1.29 is 8.78 Å². The van der Waals surface area contributed by atoms with Crippen LogP contribution in [0.5, 0.6) is 0 Å². The van der Waals surface area contributed by atoms with E-state index in [1.165, 1.54) is 0 Å². The molecule has 1 aromatic rings. The fourth-order valence-corrected chi connectivity index (χ4v) is 1.69. The first-order valence-corrected chi connectivity index (χ1v) is 6.13. The van der Waals surface area contributed by atoms with Gasteiger partial charge in [-0.25, -0.2) is 8.78 Å². The van der Waals surface area contributed by atoms with Crippen LogP contribution in [0.2, 0.25) is 0 Å². The lowest BCUT2D eigenvalue weighted by Crippen LogP contribution is -2.17. The highest BCUT2D eigenvalue weighted by molar-refractivity contribution is 5.34. The summed E-state index contributed by atoms with van der Waals surface area (Å²) in [5, 5.41) is 11.6. The summed E-state index contributed by atoms with van der Waals surface area (Å²) in [6.07, 6.45) is 2.07. The molecule has 4 heteroatoms. The Morgan fingerprint density at radius 1 is 1.28 bits per heavy atom. The van der Waals surface area contributed by atoms with Crippen LogP contribution in [-0.4, -0.2) is 6.54 Å². The quantitative estimate of drug-likeness (QED) is 0.788. The fraction of sp³-hybridized carbons (Fsp3) is 0.500. The van der Waals surface area contributed by atoms with E-state index in [-0.39, 0.29) is 17.7 Å². The smallest absolute Gasteiger partial charge is 0.131 e. The third-order valence-electron chi connectivity index (χ3n) is 2.71. The van der Waals surface area contributed by atoms with Crippen molar-refractivity contribution in [1.82, 2.24) is 5.32 Å². The first-order valence-electron chi connectivity index (χ1n) is 6.13. The fourth-order valence-electron chi connectivity index (χ4n) is 1.69. The van der Waals surface area contributed by atoms with Crippen LogP contribution >= 0.6 is 0 Å². The molecule has 98 valence electrons. The molecule has 18 heavy (non-hydrogen) atoms. The molecule has 1 aromatic carbocycles. The molecular weight excluding hydrogens is 234 g/mol. The van der Waals surface area contributed by atoms with Crippen LogP contribution in [0.4, 0.5) is 8.78 Å². The molecule has 0 heterocycles. The van der Waals surface area contributed by atoms with E-state index in [9.17, 15) is 8.78 Å². The van der Waals surface area contributed by atoms with Gasteiger partial charge in [0, 0.05) is 12.1 Å². The number of nitrogens with zero attached hydrogens (tertiary/aromatic N) is 1. The molecule has 0 atom stereocenters. The highest BCUT2D eigenvalue weighted by Gasteiger charge is 2.10. The second-order valence-corrected chi connectivity index (χ2v) is 4.74. The van der Waals surface area contributed by atoms with E-state index in [0.29, 0.717) is 5.92 Å². The summed E-state index contributed by atoms with van der Waals surface area (Å²) in [4.78, 5) is 0. The van der Waals surface area contributed by atoms with Gasteiger partial charge in [-0.15, -0.1) is 0 Å². The Kier molecular flexibility index (Phi) is 5.73. The van der Waals surface area contributed by atoms with Crippen LogP contribution in [0.15, 0.2) is 12.1 Å². The van der Waals surface area contributed by atoms with Gasteiger partial charge < -0.3 is 5.32 Å². The highest BCUT2D eigenvalue weighted by atomic mass is 19.1. The van der Waals surface area contributed by atoms with Crippen LogP contribution in [-0.2, 0) is 6.54 Å². The minimum Gasteiger partial charge on any atom is -0.312 e. The third kappa shape index (κ3) is 4.42. The molecule has 0 aliphatic rings. The molecule has 1 N–H and O–H groups in total. The van der Waals surface area contributed by atoms with Crippen LogP contribution in [0.3, 0.4) is 0 Å². The average molecular weight is 252 g/mol. The molecule has 0 bridgehead atoms. The summed E-state index contributed by atoms with van der Waals surface area (Å²) in [5.74, 6) is -0.694. The van der Waals surface area contributed by atoms with Crippen molar-refractivity contribution in [1.29, 1.82) is 5.26 Å². The van der Waals surface area contributed by atoms with Crippen LogP contribution < -0.4 is 5.32 Å². The molecular formula is C14H18F2N2. The minimum absolute atomic E-state index is 0.00135. The predicted molar refractivity (Wildman–Crippen MR) is 66.9 cm³/mol. The number of nitrogens with one attached hydrogen (secondary N) is 1. The minimum atomic E-state index is -0.664. The zero-order valence-corrected chi connectivity index (χ0v) is 10.8. The van der Waals surface area contributed by atoms with E-state index in [1.54, 1.807) is 6.07 Å². The van der Waals surface area contributed by atoms with Crippen molar-refractivity contribution >= 4 is 0 Å². The largest absolute Gasteiger partial charge is 0.312 e. The highest BCUT2D eigenvalue weighted by Crippen LogP contribution is 2.15. The van der Waals surface area contributed by atoms with Gasteiger partial charge in [0.2, 0.25) is 0 Å². The van der Waals surface area contributed by atoms with Crippen molar-refractivity contribution in [2.75, 3.05) is 6.54 Å². The van der Waals surface area contributed by atoms with Gasteiger partial charge in [-0.05, 0) is 37.4 Å². The summed E-state index contributed by atoms with van der Waals surface area (Å²) < 4.78 is 27.0. The Morgan fingerprint density at radius 3 is 2.39 bits per heavy atom. The number of halogens is 2. The van der Waals surface area contributed by atoms with Crippen molar-refractivity contribution in [3.63, 3.8) is 0 Å². The van der Waals surface area contributed by atoms with Gasteiger partial charge in [-0.1, -0.05) is 13.8 Å². The zero-order valence-electron chi connectivity index (χ0n) is 10.8. The van der Waals surface area contributed by atoms with E-state index >= 15 is 0 Å². The molecule has 2 nitrogen and oxygen atoms in total. The second-order valence-electron chi connectivity index (χ2n) is 4.74. The summed E-state index contributed by atoms with van der Waals surface area (Å²) in [6, 6.07) is 3.85. The SMILES string of the molecule is CC(C)CCCNCc1c(F)cc(C#N)cc1F. The second kappa shape index (κ2) is 7.07. The Morgan fingerprint density at radius 2 is 1.89 bits per heavy atom. The van der Waals surface area contributed by atoms with Crippen molar-refractivity contribution in [2.45, 2.75) is 33.2 Å². The van der Waals surface area contributed by atoms with Gasteiger partial charge >= 0.3 is 0 Å². The van der Waals surface area contributed by atoms with Crippen molar-refractivity contribution in [3.8, 4) is 6.07 Å². The molecule has 0 aliphatic carbocycles. The summed E-state index contributed by atoms with van der Waals surface area (Å²) >= 11 is 0. The lowest BCUT2D eigenvalue weighted by Gasteiger charge is -2.08. The zero-order chi connectivity index (χ0) is 13.5. The molecule has 0 unspecified atom stereocenters. The van der Waals surface area contributed by atoms with E-state index in [2.05, 4.69) is 19.2 Å². The maximum absolute atomic E-state index is 13.5. The number of rotatable bonds is 6. The van der Waals surface area contributed by atoms with Gasteiger partial charge in [0.1, 0.15) is 11.6 Å². The molecule has 0 fully saturated rings. The molecule has 0 amide bonds. The summed E-state index contributed by atoms with van der Waals surface area (Å²) in [7, 11) is 0. The molecule has 0 spiro atoms. The van der Waals surface area contributed by atoms with Gasteiger partial charge in [0.15, 0.2) is 0 Å². The predicted octanol–water partition coefficient (Wildman–Crippen LogP) is 3.36. The summed E-state index contributed by atoms with van der Waals surface area (Å²) in [5.41, 5.74) is 0.00658. The Labute approximate surface area is 107 Å². The molecule has 0 aromatic heterocycles. The molecule has 0 radical (unpaired) electrons. The standard InChI is InChI=1S/C14H18F2N2/c1-10(2)4-3-5-18-9-12-13(15)6-11(8-17)7-14(12)16/h6-7,10,18H,3-5,9H2,1-2H3. The normalized spacial score (nSPS) is 10.7. The van der Waals surface area contributed by atoms with E-state index in [4.69, 9.17) is 5.26 Å². The van der Waals surface area contributed by atoms with E-state index in [0.717, 1.165) is 31.5 Å². The van der Waals surface area contributed by atoms with E-state index < -0.39 is 11.6 Å². The maximum Gasteiger partial charge on any atom is 0.131 e. The van der Waals surface area contributed by atoms with Gasteiger partial charge in [0.25, 0.3) is 0 Å². The maximum atomic E-state index is 13.5. The van der Waals surface area contributed by atoms with Gasteiger partial charge in [0.05, 0.1) is 11.6 Å². The Bertz CT molecular complexity index is 413. The van der Waals surface area contributed by atoms with Crippen molar-refractivity contribution in [2.24, 2.45) is 5.92 Å². The molecule has 0 saturated heterocycles. The first-order chi connectivity index (χ1) is 8.54. The average Bonchev–Trinajstić information content (AvgIpc) is 2.31. The number of hydrogen-bond donors (Lipinski definition) is 1. The van der Waals surface area contributed by atoms with Gasteiger partial charge in [-0.3, -0.25) is 0 Å². The monoisotopic (exact) mass is 252 g/mol. The third-order valence-corrected chi connectivity index (χ3v) is 2.71. The number of hydrogen-bond acceptors (Lipinski definition) is 2. The van der Waals surface area contributed by atoms with Gasteiger partial charge in [-0.2, -0.15) is 5.26 Å². The Hall–Kier alpha value is -1.47. The lowest BCUT2D eigenvalue weighted by atomic mass is 10.1. The van der Waals surface area contributed by atoms with Crippen molar-refractivity contribution in [3.05, 3.63) is 34.9 Å². The topological polar surface area (TPSA) is 35.8 Å².